The number of nitrogens with zero attached hydrogens (tertiary/aromatic N) is 2. The molecule has 0 saturated heterocycles. The maximum absolute atomic E-state index is 13.6. The molecular formula is C27H30N2O5S. The third kappa shape index (κ3) is 6.83. The van der Waals surface area contributed by atoms with Crippen molar-refractivity contribution in [3.8, 4) is 11.5 Å². The standard InChI is InChI=1S/C27H30N2O5S/c1-2-32-14-7-13-28(27(31)22-11-12-24-25(16-22)34-20-33-24)19-26(30)29(18-23-10-6-15-35-23)17-21-8-4-3-5-9-21/h3-6,8-12,15-16H,2,7,13-14,17-20H2,1H3. The van der Waals surface area contributed by atoms with Gasteiger partial charge in [-0.15, -0.1) is 11.3 Å². The van der Waals surface area contributed by atoms with Crippen LogP contribution in [0.15, 0.2) is 66.0 Å². The summed E-state index contributed by atoms with van der Waals surface area (Å²) < 4.78 is 16.3. The van der Waals surface area contributed by atoms with Gasteiger partial charge in [-0.1, -0.05) is 36.4 Å². The van der Waals surface area contributed by atoms with Crippen molar-refractivity contribution in [3.05, 3.63) is 82.0 Å². The van der Waals surface area contributed by atoms with E-state index in [0.717, 1.165) is 10.4 Å². The molecule has 0 unspecified atom stereocenters. The quantitative estimate of drug-likeness (QED) is 0.345. The summed E-state index contributed by atoms with van der Waals surface area (Å²) in [5.74, 6) is 0.835. The number of hydrogen-bond acceptors (Lipinski definition) is 6. The largest absolute Gasteiger partial charge is 0.454 e. The first-order chi connectivity index (χ1) is 17.1. The molecule has 1 aliphatic heterocycles. The molecule has 2 heterocycles. The van der Waals surface area contributed by atoms with Crippen molar-refractivity contribution in [2.24, 2.45) is 0 Å². The second-order valence-electron chi connectivity index (χ2n) is 8.16. The smallest absolute Gasteiger partial charge is 0.254 e. The maximum atomic E-state index is 13.6. The zero-order chi connectivity index (χ0) is 24.5. The fourth-order valence-corrected chi connectivity index (χ4v) is 4.58. The minimum atomic E-state index is -0.219. The second kappa shape index (κ2) is 12.4. The van der Waals surface area contributed by atoms with Gasteiger partial charge in [0.2, 0.25) is 12.7 Å². The number of fused-ring (bicyclic) bond motifs is 1. The summed E-state index contributed by atoms with van der Waals surface area (Å²) in [5, 5.41) is 2.00. The van der Waals surface area contributed by atoms with Crippen LogP contribution in [0.3, 0.4) is 0 Å². The highest BCUT2D eigenvalue weighted by Gasteiger charge is 2.24. The molecule has 35 heavy (non-hydrogen) atoms. The first-order valence-corrected chi connectivity index (χ1v) is 12.6. The molecule has 0 atom stereocenters. The third-order valence-corrected chi connectivity index (χ3v) is 6.51. The first kappa shape index (κ1) is 24.8. The van der Waals surface area contributed by atoms with E-state index < -0.39 is 0 Å². The van der Waals surface area contributed by atoms with Crippen molar-refractivity contribution in [2.45, 2.75) is 26.4 Å². The fourth-order valence-electron chi connectivity index (χ4n) is 3.86. The zero-order valence-corrected chi connectivity index (χ0v) is 20.7. The summed E-state index contributed by atoms with van der Waals surface area (Å²) in [5.41, 5.74) is 1.51. The van der Waals surface area contributed by atoms with E-state index in [0.29, 0.717) is 56.3 Å². The summed E-state index contributed by atoms with van der Waals surface area (Å²) >= 11 is 1.62. The summed E-state index contributed by atoms with van der Waals surface area (Å²) in [6.07, 6.45) is 0.640. The molecule has 0 N–H and O–H groups in total. The van der Waals surface area contributed by atoms with Crippen LogP contribution >= 0.6 is 11.3 Å². The first-order valence-electron chi connectivity index (χ1n) is 11.7. The average molecular weight is 495 g/mol. The van der Waals surface area contributed by atoms with Crippen LogP contribution in [0, 0.1) is 0 Å². The molecule has 0 aliphatic carbocycles. The number of thiophene rings is 1. The van der Waals surface area contributed by atoms with E-state index in [1.807, 2.05) is 59.7 Å². The Bertz CT molecular complexity index is 1100. The van der Waals surface area contributed by atoms with Gasteiger partial charge in [0.1, 0.15) is 6.54 Å². The number of carbonyl (C=O) groups excluding carboxylic acids is 2. The van der Waals surface area contributed by atoms with Crippen LogP contribution in [-0.4, -0.2) is 54.7 Å². The molecule has 2 aromatic carbocycles. The lowest BCUT2D eigenvalue weighted by atomic mass is 10.1. The number of benzene rings is 2. The summed E-state index contributed by atoms with van der Waals surface area (Å²) in [6, 6.07) is 19.0. The van der Waals surface area contributed by atoms with Crippen molar-refractivity contribution in [2.75, 3.05) is 33.1 Å². The molecule has 8 heteroatoms. The van der Waals surface area contributed by atoms with E-state index in [2.05, 4.69) is 0 Å². The van der Waals surface area contributed by atoms with Gasteiger partial charge in [-0.2, -0.15) is 0 Å². The summed E-state index contributed by atoms with van der Waals surface area (Å²) in [7, 11) is 0. The van der Waals surface area contributed by atoms with E-state index in [1.165, 1.54) is 0 Å². The van der Waals surface area contributed by atoms with Crippen LogP contribution in [0.4, 0.5) is 0 Å². The predicted octanol–water partition coefficient (Wildman–Crippen LogP) is 4.57. The lowest BCUT2D eigenvalue weighted by Gasteiger charge is -2.28. The van der Waals surface area contributed by atoms with Gasteiger partial charge < -0.3 is 24.0 Å². The van der Waals surface area contributed by atoms with Crippen LogP contribution in [0.2, 0.25) is 0 Å². The predicted molar refractivity (Wildman–Crippen MR) is 135 cm³/mol. The van der Waals surface area contributed by atoms with Gasteiger partial charge in [-0.25, -0.2) is 0 Å². The van der Waals surface area contributed by atoms with Crippen molar-refractivity contribution in [1.82, 2.24) is 9.80 Å². The van der Waals surface area contributed by atoms with Gasteiger partial charge in [0.25, 0.3) is 5.91 Å². The number of hydrogen-bond donors (Lipinski definition) is 0. The molecular weight excluding hydrogens is 464 g/mol. The number of rotatable bonds is 12. The highest BCUT2D eigenvalue weighted by Crippen LogP contribution is 2.32. The minimum absolute atomic E-state index is 0.0163. The molecule has 3 aromatic rings. The van der Waals surface area contributed by atoms with Crippen LogP contribution in [0.5, 0.6) is 11.5 Å². The number of carbonyl (C=O) groups is 2. The van der Waals surface area contributed by atoms with Gasteiger partial charge in [-0.05, 0) is 48.6 Å². The summed E-state index contributed by atoms with van der Waals surface area (Å²) in [4.78, 5) is 31.5. The van der Waals surface area contributed by atoms with Gasteiger partial charge >= 0.3 is 0 Å². The Labute approximate surface area is 209 Å². The molecule has 0 fully saturated rings. The molecule has 2 amide bonds. The molecule has 0 bridgehead atoms. The van der Waals surface area contributed by atoms with E-state index >= 15 is 0 Å². The Balaban J connectivity index is 1.51. The van der Waals surface area contributed by atoms with Crippen LogP contribution in [0.25, 0.3) is 0 Å². The van der Waals surface area contributed by atoms with Gasteiger partial charge in [-0.3, -0.25) is 9.59 Å². The molecule has 184 valence electrons. The Hall–Kier alpha value is -3.36. The lowest BCUT2D eigenvalue weighted by molar-refractivity contribution is -0.133. The zero-order valence-electron chi connectivity index (χ0n) is 19.9. The Morgan fingerprint density at radius 1 is 0.971 bits per heavy atom. The number of ether oxygens (including phenoxy) is 3. The van der Waals surface area contributed by atoms with E-state index in [9.17, 15) is 9.59 Å². The van der Waals surface area contributed by atoms with Gasteiger partial charge in [0.15, 0.2) is 11.5 Å². The third-order valence-electron chi connectivity index (χ3n) is 5.65. The average Bonchev–Trinajstić information content (AvgIpc) is 3.57. The lowest BCUT2D eigenvalue weighted by Crippen LogP contribution is -2.43. The Morgan fingerprint density at radius 3 is 2.57 bits per heavy atom. The topological polar surface area (TPSA) is 68.3 Å². The monoisotopic (exact) mass is 494 g/mol. The van der Waals surface area contributed by atoms with Crippen molar-refractivity contribution < 1.29 is 23.8 Å². The van der Waals surface area contributed by atoms with Gasteiger partial charge in [0, 0.05) is 36.7 Å². The van der Waals surface area contributed by atoms with E-state index in [4.69, 9.17) is 14.2 Å². The molecule has 1 aliphatic rings. The molecule has 0 radical (unpaired) electrons. The van der Waals surface area contributed by atoms with Crippen molar-refractivity contribution >= 4 is 23.2 Å². The molecule has 4 rings (SSSR count). The highest BCUT2D eigenvalue weighted by atomic mass is 32.1. The SMILES string of the molecule is CCOCCCN(CC(=O)N(Cc1ccccc1)Cc1cccs1)C(=O)c1ccc2c(c1)OCO2. The van der Waals surface area contributed by atoms with E-state index in [-0.39, 0.29) is 25.2 Å². The Kier molecular flexibility index (Phi) is 8.75. The highest BCUT2D eigenvalue weighted by molar-refractivity contribution is 7.09. The number of amides is 2. The fraction of sp³-hybridized carbons (Fsp3) is 0.333. The molecule has 0 saturated carbocycles. The van der Waals surface area contributed by atoms with E-state index in [1.54, 1.807) is 34.4 Å². The Morgan fingerprint density at radius 2 is 1.80 bits per heavy atom. The molecule has 7 nitrogen and oxygen atoms in total. The van der Waals surface area contributed by atoms with Crippen LogP contribution in [0.1, 0.15) is 34.1 Å². The minimum Gasteiger partial charge on any atom is -0.454 e. The summed E-state index contributed by atoms with van der Waals surface area (Å²) in [6.45, 7) is 4.58. The van der Waals surface area contributed by atoms with Gasteiger partial charge in [0.05, 0.1) is 6.54 Å². The van der Waals surface area contributed by atoms with Crippen LogP contribution < -0.4 is 9.47 Å². The van der Waals surface area contributed by atoms with Crippen molar-refractivity contribution in [1.29, 1.82) is 0 Å². The van der Waals surface area contributed by atoms with Crippen molar-refractivity contribution in [3.63, 3.8) is 0 Å². The molecule has 1 aromatic heterocycles. The normalized spacial score (nSPS) is 11.9. The second-order valence-corrected chi connectivity index (χ2v) is 9.19. The van der Waals surface area contributed by atoms with Crippen LogP contribution in [-0.2, 0) is 22.6 Å². The molecule has 0 spiro atoms. The maximum Gasteiger partial charge on any atom is 0.254 e.